The zero-order chi connectivity index (χ0) is 14.6. The fraction of sp³-hybridized carbons (Fsp3) is 0.417. The van der Waals surface area contributed by atoms with Crippen molar-refractivity contribution < 1.29 is 17.9 Å². The van der Waals surface area contributed by atoms with Crippen LogP contribution in [0.4, 0.5) is 10.5 Å². The van der Waals surface area contributed by atoms with Crippen molar-refractivity contribution >= 4 is 22.0 Å². The molecule has 1 heterocycles. The Morgan fingerprint density at radius 3 is 2.95 bits per heavy atom. The quantitative estimate of drug-likeness (QED) is 0.762. The second kappa shape index (κ2) is 6.10. The monoisotopic (exact) mass is 299 g/mol. The van der Waals surface area contributed by atoms with Crippen LogP contribution in [0.15, 0.2) is 18.2 Å². The summed E-state index contributed by atoms with van der Waals surface area (Å²) >= 11 is 0. The highest BCUT2D eigenvalue weighted by Gasteiger charge is 2.16. The molecule has 1 aliphatic heterocycles. The number of hydrogen-bond acceptors (Lipinski definition) is 5. The van der Waals surface area contributed by atoms with E-state index in [-0.39, 0.29) is 6.61 Å². The number of carbonyl (C=O) groups excluding carboxylic acids is 1. The molecule has 1 amide bonds. The topological polar surface area (TPSA) is 96.5 Å². The van der Waals surface area contributed by atoms with Gasteiger partial charge in [0.1, 0.15) is 0 Å². The molecule has 0 bridgehead atoms. The molecule has 20 heavy (non-hydrogen) atoms. The molecule has 1 aromatic rings. The molecule has 0 fully saturated rings. The summed E-state index contributed by atoms with van der Waals surface area (Å²) < 4.78 is 32.0. The fourth-order valence-electron chi connectivity index (χ4n) is 1.99. The number of carbonyl (C=O) groups is 1. The molecule has 0 spiro atoms. The Hall–Kier alpha value is -1.80. The maximum atomic E-state index is 11.7. The lowest BCUT2D eigenvalue weighted by atomic mass is 10.0. The average Bonchev–Trinajstić information content (AvgIpc) is 2.37. The van der Waals surface area contributed by atoms with Crippen LogP contribution in [0.25, 0.3) is 0 Å². The summed E-state index contributed by atoms with van der Waals surface area (Å²) in [5.74, 6) is 0. The summed E-state index contributed by atoms with van der Waals surface area (Å²) in [6, 6.07) is 5.32. The van der Waals surface area contributed by atoms with E-state index in [4.69, 9.17) is 0 Å². The Morgan fingerprint density at radius 2 is 2.20 bits per heavy atom. The van der Waals surface area contributed by atoms with Gasteiger partial charge in [-0.25, -0.2) is 9.52 Å². The molecule has 2 rings (SSSR count). The van der Waals surface area contributed by atoms with E-state index in [2.05, 4.69) is 14.8 Å². The fourth-order valence-corrected chi connectivity index (χ4v) is 2.76. The van der Waals surface area contributed by atoms with Gasteiger partial charge in [-0.15, -0.1) is 0 Å². The zero-order valence-corrected chi connectivity index (χ0v) is 11.9. The van der Waals surface area contributed by atoms with Crippen LogP contribution in [0, 0.1) is 0 Å². The van der Waals surface area contributed by atoms with Crippen LogP contribution >= 0.6 is 0 Å². The Balaban J connectivity index is 2.07. The van der Waals surface area contributed by atoms with Gasteiger partial charge in [0, 0.05) is 6.54 Å². The Labute approximate surface area is 117 Å². The number of anilines is 1. The van der Waals surface area contributed by atoms with Crippen LogP contribution in [-0.2, 0) is 27.9 Å². The first-order chi connectivity index (χ1) is 9.50. The van der Waals surface area contributed by atoms with Gasteiger partial charge < -0.3 is 10.1 Å². The first-order valence-electron chi connectivity index (χ1n) is 6.30. The zero-order valence-electron chi connectivity index (χ0n) is 11.1. The van der Waals surface area contributed by atoms with Crippen LogP contribution in [0.3, 0.4) is 0 Å². The highest BCUT2D eigenvalue weighted by molar-refractivity contribution is 7.91. The highest BCUT2D eigenvalue weighted by atomic mass is 32.2. The minimum Gasteiger partial charge on any atom is -0.449 e. The molecule has 0 saturated heterocycles. The summed E-state index contributed by atoms with van der Waals surface area (Å²) in [6.07, 6.45) is -0.0803. The molecular formula is C12H17N3O4S. The lowest BCUT2D eigenvalue weighted by Crippen LogP contribution is -2.35. The third-order valence-corrected chi connectivity index (χ3v) is 3.78. The molecule has 0 unspecified atom stereocenters. The van der Waals surface area contributed by atoms with E-state index >= 15 is 0 Å². The third-order valence-electron chi connectivity index (χ3n) is 2.84. The molecule has 8 heteroatoms. The van der Waals surface area contributed by atoms with E-state index in [0.29, 0.717) is 12.2 Å². The van der Waals surface area contributed by atoms with E-state index in [1.54, 1.807) is 23.8 Å². The van der Waals surface area contributed by atoms with E-state index < -0.39 is 16.3 Å². The van der Waals surface area contributed by atoms with Gasteiger partial charge in [-0.05, 0) is 43.1 Å². The minimum atomic E-state index is -3.98. The largest absolute Gasteiger partial charge is 0.449 e. The van der Waals surface area contributed by atoms with Crippen molar-refractivity contribution in [1.82, 2.24) is 10.0 Å². The molecule has 110 valence electrons. The number of amides is 1. The van der Waals surface area contributed by atoms with Crippen molar-refractivity contribution in [1.29, 1.82) is 0 Å². The molecule has 1 aliphatic rings. The van der Waals surface area contributed by atoms with E-state index in [1.807, 2.05) is 6.07 Å². The summed E-state index contributed by atoms with van der Waals surface area (Å²) in [6.45, 7) is 3.32. The Kier molecular flexibility index (Phi) is 4.46. The predicted octanol–water partition coefficient (Wildman–Crippen LogP) is 0.735. The molecule has 1 aromatic carbocycles. The van der Waals surface area contributed by atoms with Gasteiger partial charge in [-0.1, -0.05) is 6.07 Å². The van der Waals surface area contributed by atoms with Crippen LogP contribution in [0.2, 0.25) is 0 Å². The van der Waals surface area contributed by atoms with Crippen molar-refractivity contribution in [2.45, 2.75) is 19.9 Å². The first-order valence-corrected chi connectivity index (χ1v) is 7.78. The SMILES string of the molecule is CCOC(=O)NS(=O)(=O)Nc1ccc2c(c1)CNCC2. The predicted molar refractivity (Wildman–Crippen MR) is 74.6 cm³/mol. The van der Waals surface area contributed by atoms with Crippen molar-refractivity contribution in [2.75, 3.05) is 17.9 Å². The Bertz CT molecular complexity index is 601. The summed E-state index contributed by atoms with van der Waals surface area (Å²) in [5, 5.41) is 3.21. The third kappa shape index (κ3) is 3.84. The van der Waals surface area contributed by atoms with Gasteiger partial charge in [0.15, 0.2) is 0 Å². The van der Waals surface area contributed by atoms with Crippen molar-refractivity contribution in [3.05, 3.63) is 29.3 Å². The van der Waals surface area contributed by atoms with E-state index in [0.717, 1.165) is 18.5 Å². The van der Waals surface area contributed by atoms with Gasteiger partial charge in [0.25, 0.3) is 0 Å². The molecule has 3 N–H and O–H groups in total. The molecule has 0 radical (unpaired) electrons. The van der Waals surface area contributed by atoms with Crippen LogP contribution in [0.1, 0.15) is 18.1 Å². The maximum absolute atomic E-state index is 11.7. The summed E-state index contributed by atoms with van der Waals surface area (Å²) in [4.78, 5) is 11.1. The van der Waals surface area contributed by atoms with Crippen LogP contribution in [-0.4, -0.2) is 27.7 Å². The molecule has 0 aromatic heterocycles. The number of ether oxygens (including phenoxy) is 1. The van der Waals surface area contributed by atoms with E-state index in [1.165, 1.54) is 5.56 Å². The van der Waals surface area contributed by atoms with Gasteiger partial charge in [0.05, 0.1) is 12.3 Å². The number of hydrogen-bond donors (Lipinski definition) is 3. The van der Waals surface area contributed by atoms with Gasteiger partial charge in [-0.2, -0.15) is 8.42 Å². The molecule has 7 nitrogen and oxygen atoms in total. The number of fused-ring (bicyclic) bond motifs is 1. The molecule has 0 saturated carbocycles. The van der Waals surface area contributed by atoms with Gasteiger partial charge >= 0.3 is 16.3 Å². The number of nitrogens with one attached hydrogen (secondary N) is 3. The van der Waals surface area contributed by atoms with Crippen molar-refractivity contribution in [3.8, 4) is 0 Å². The molecule has 0 aliphatic carbocycles. The Morgan fingerprint density at radius 1 is 1.40 bits per heavy atom. The number of rotatable bonds is 4. The lowest BCUT2D eigenvalue weighted by Gasteiger charge is -2.18. The van der Waals surface area contributed by atoms with Gasteiger partial charge in [0.2, 0.25) is 0 Å². The van der Waals surface area contributed by atoms with Crippen molar-refractivity contribution in [2.24, 2.45) is 0 Å². The number of benzene rings is 1. The van der Waals surface area contributed by atoms with Gasteiger partial charge in [-0.3, -0.25) is 4.72 Å². The molecule has 0 atom stereocenters. The summed E-state index contributed by atoms with van der Waals surface area (Å²) in [5.41, 5.74) is 2.65. The summed E-state index contributed by atoms with van der Waals surface area (Å²) in [7, 11) is -3.98. The van der Waals surface area contributed by atoms with E-state index in [9.17, 15) is 13.2 Å². The maximum Gasteiger partial charge on any atom is 0.422 e. The second-order valence-corrected chi connectivity index (χ2v) is 5.75. The normalized spacial score (nSPS) is 14.2. The first kappa shape index (κ1) is 14.6. The standard InChI is InChI=1S/C12H17N3O4S/c1-2-19-12(16)15-20(17,18)14-11-4-3-9-5-6-13-8-10(9)7-11/h3-4,7,13-14H,2,5-6,8H2,1H3,(H,15,16). The lowest BCUT2D eigenvalue weighted by molar-refractivity contribution is 0.159. The van der Waals surface area contributed by atoms with Crippen LogP contribution in [0.5, 0.6) is 0 Å². The average molecular weight is 299 g/mol. The van der Waals surface area contributed by atoms with Crippen LogP contribution < -0.4 is 14.8 Å². The highest BCUT2D eigenvalue weighted by Crippen LogP contribution is 2.19. The smallest absolute Gasteiger partial charge is 0.422 e. The van der Waals surface area contributed by atoms with Crippen molar-refractivity contribution in [3.63, 3.8) is 0 Å². The minimum absolute atomic E-state index is 0.103. The second-order valence-electron chi connectivity index (χ2n) is 4.34. The molecular weight excluding hydrogens is 282 g/mol.